The first kappa shape index (κ1) is 8.80. The first-order valence-electron chi connectivity index (χ1n) is 4.62. The molecule has 0 aromatic carbocycles. The van der Waals surface area contributed by atoms with Gasteiger partial charge in [0, 0.05) is 18.3 Å². The molecular weight excluding hydrogens is 168 g/mol. The molecule has 0 bridgehead atoms. The van der Waals surface area contributed by atoms with Gasteiger partial charge in [-0.2, -0.15) is 0 Å². The van der Waals surface area contributed by atoms with E-state index in [-0.39, 0.29) is 0 Å². The lowest BCUT2D eigenvalue weighted by Gasteiger charge is -2.38. The Hall–Kier alpha value is -0.780. The van der Waals surface area contributed by atoms with E-state index in [1.807, 2.05) is 11.2 Å². The number of aliphatic hydroxyl groups is 1. The molecule has 5 nitrogen and oxygen atoms in total. The molecule has 0 amide bonds. The molecule has 74 valence electrons. The van der Waals surface area contributed by atoms with Crippen molar-refractivity contribution in [1.82, 2.24) is 16.0 Å². The second-order valence-electron chi connectivity index (χ2n) is 3.79. The summed E-state index contributed by atoms with van der Waals surface area (Å²) < 4.78 is 0. The lowest BCUT2D eigenvalue weighted by molar-refractivity contribution is 0.111. The van der Waals surface area contributed by atoms with Crippen molar-refractivity contribution in [2.24, 2.45) is 5.73 Å². The summed E-state index contributed by atoms with van der Waals surface area (Å²) in [5.74, 6) is 0. The van der Waals surface area contributed by atoms with E-state index in [0.717, 1.165) is 18.5 Å². The van der Waals surface area contributed by atoms with E-state index >= 15 is 0 Å². The van der Waals surface area contributed by atoms with Crippen LogP contribution in [-0.2, 0) is 0 Å². The van der Waals surface area contributed by atoms with Gasteiger partial charge in [-0.15, -0.1) is 5.53 Å². The SMILES string of the molecule is C[C@H](O)C1=CN([C@H]2C[C@@H](N)C2)NN1. The summed E-state index contributed by atoms with van der Waals surface area (Å²) in [5, 5.41) is 11.2. The first-order valence-corrected chi connectivity index (χ1v) is 4.62. The minimum atomic E-state index is -0.453. The van der Waals surface area contributed by atoms with Crippen LogP contribution in [0.1, 0.15) is 19.8 Å². The third-order valence-electron chi connectivity index (χ3n) is 2.60. The Morgan fingerprint density at radius 1 is 1.69 bits per heavy atom. The van der Waals surface area contributed by atoms with E-state index in [1.165, 1.54) is 0 Å². The number of nitrogens with zero attached hydrogens (tertiary/aromatic N) is 1. The summed E-state index contributed by atoms with van der Waals surface area (Å²) in [6, 6.07) is 0.814. The van der Waals surface area contributed by atoms with Crippen LogP contribution >= 0.6 is 0 Å². The van der Waals surface area contributed by atoms with Crippen LogP contribution in [0.25, 0.3) is 0 Å². The van der Waals surface area contributed by atoms with E-state index in [1.54, 1.807) is 6.92 Å². The molecule has 5 heteroatoms. The third kappa shape index (κ3) is 1.63. The van der Waals surface area contributed by atoms with E-state index in [2.05, 4.69) is 11.0 Å². The highest BCUT2D eigenvalue weighted by molar-refractivity contribution is 5.08. The Morgan fingerprint density at radius 2 is 2.38 bits per heavy atom. The van der Waals surface area contributed by atoms with Gasteiger partial charge in [0.2, 0.25) is 0 Å². The summed E-state index contributed by atoms with van der Waals surface area (Å²) in [6.45, 7) is 1.73. The molecule has 1 saturated carbocycles. The quantitative estimate of drug-likeness (QED) is 0.444. The molecule has 2 rings (SSSR count). The maximum Gasteiger partial charge on any atom is 0.0935 e. The predicted octanol–water partition coefficient (Wildman–Crippen LogP) is -0.977. The van der Waals surface area contributed by atoms with E-state index in [0.29, 0.717) is 12.1 Å². The molecule has 1 aliphatic heterocycles. The van der Waals surface area contributed by atoms with Crippen LogP contribution in [0.4, 0.5) is 0 Å². The summed E-state index contributed by atoms with van der Waals surface area (Å²) in [7, 11) is 0. The second-order valence-corrected chi connectivity index (χ2v) is 3.79. The van der Waals surface area contributed by atoms with Crippen molar-refractivity contribution in [3.8, 4) is 0 Å². The van der Waals surface area contributed by atoms with Gasteiger partial charge in [0.05, 0.1) is 11.8 Å². The average molecular weight is 184 g/mol. The fourth-order valence-corrected chi connectivity index (χ4v) is 1.61. The molecule has 0 aromatic heterocycles. The van der Waals surface area contributed by atoms with Crippen molar-refractivity contribution in [2.75, 3.05) is 0 Å². The van der Waals surface area contributed by atoms with E-state index < -0.39 is 6.10 Å². The van der Waals surface area contributed by atoms with Gasteiger partial charge >= 0.3 is 0 Å². The summed E-state index contributed by atoms with van der Waals surface area (Å²) in [5.41, 5.74) is 12.4. The summed E-state index contributed by atoms with van der Waals surface area (Å²) in [4.78, 5) is 0. The Labute approximate surface area is 77.5 Å². The van der Waals surface area contributed by atoms with Gasteiger partial charge in [-0.05, 0) is 19.8 Å². The van der Waals surface area contributed by atoms with Crippen molar-refractivity contribution in [3.05, 3.63) is 11.9 Å². The Morgan fingerprint density at radius 3 is 2.85 bits per heavy atom. The van der Waals surface area contributed by atoms with Crippen LogP contribution in [-0.4, -0.2) is 28.3 Å². The molecule has 2 aliphatic rings. The highest BCUT2D eigenvalue weighted by Gasteiger charge is 2.32. The average Bonchev–Trinajstić information content (AvgIpc) is 2.46. The van der Waals surface area contributed by atoms with Gasteiger partial charge < -0.3 is 16.3 Å². The molecule has 1 aliphatic carbocycles. The molecule has 1 fully saturated rings. The molecule has 5 N–H and O–H groups in total. The molecular formula is C8H16N4O. The van der Waals surface area contributed by atoms with Crippen molar-refractivity contribution < 1.29 is 5.11 Å². The Bertz CT molecular complexity index is 222. The molecule has 1 atom stereocenters. The van der Waals surface area contributed by atoms with Crippen molar-refractivity contribution >= 4 is 0 Å². The van der Waals surface area contributed by atoms with Gasteiger partial charge in [0.15, 0.2) is 0 Å². The summed E-state index contributed by atoms with van der Waals surface area (Å²) >= 11 is 0. The molecule has 0 radical (unpaired) electrons. The highest BCUT2D eigenvalue weighted by Crippen LogP contribution is 2.24. The predicted molar refractivity (Wildman–Crippen MR) is 48.9 cm³/mol. The maximum absolute atomic E-state index is 9.27. The van der Waals surface area contributed by atoms with Crippen LogP contribution in [0.2, 0.25) is 0 Å². The van der Waals surface area contributed by atoms with Crippen molar-refractivity contribution in [2.45, 2.75) is 38.0 Å². The number of hydrazine groups is 2. The molecule has 0 saturated heterocycles. The number of hydrogen-bond donors (Lipinski definition) is 4. The van der Waals surface area contributed by atoms with Crippen LogP contribution in [0.5, 0.6) is 0 Å². The molecule has 13 heavy (non-hydrogen) atoms. The molecule has 0 aromatic rings. The molecule has 0 spiro atoms. The van der Waals surface area contributed by atoms with Gasteiger partial charge in [-0.1, -0.05) is 0 Å². The van der Waals surface area contributed by atoms with Crippen LogP contribution in [0, 0.1) is 0 Å². The number of rotatable bonds is 2. The van der Waals surface area contributed by atoms with Crippen LogP contribution in [0.15, 0.2) is 11.9 Å². The normalized spacial score (nSPS) is 35.0. The van der Waals surface area contributed by atoms with Gasteiger partial charge in [-0.25, -0.2) is 0 Å². The highest BCUT2D eigenvalue weighted by atomic mass is 16.3. The van der Waals surface area contributed by atoms with Gasteiger partial charge in [-0.3, -0.25) is 5.01 Å². The fourth-order valence-electron chi connectivity index (χ4n) is 1.61. The fraction of sp³-hybridized carbons (Fsp3) is 0.750. The van der Waals surface area contributed by atoms with Crippen LogP contribution < -0.4 is 16.7 Å². The van der Waals surface area contributed by atoms with E-state index in [9.17, 15) is 5.11 Å². The largest absolute Gasteiger partial charge is 0.387 e. The minimum absolute atomic E-state index is 0.343. The van der Waals surface area contributed by atoms with Crippen molar-refractivity contribution in [1.29, 1.82) is 0 Å². The van der Waals surface area contributed by atoms with Gasteiger partial charge in [0.25, 0.3) is 0 Å². The number of hydrogen-bond acceptors (Lipinski definition) is 5. The topological polar surface area (TPSA) is 73.5 Å². The third-order valence-corrected chi connectivity index (χ3v) is 2.60. The number of nitrogens with one attached hydrogen (secondary N) is 2. The smallest absolute Gasteiger partial charge is 0.0935 e. The summed E-state index contributed by atoms with van der Waals surface area (Å²) in [6.07, 6.45) is 3.48. The zero-order chi connectivity index (χ0) is 9.42. The minimum Gasteiger partial charge on any atom is -0.387 e. The second kappa shape index (κ2) is 3.17. The standard InChI is InChI=1S/C8H16N4O/c1-5(13)8-4-12(11-10-8)7-2-6(9)3-7/h4-7,10-11,13H,2-3,9H2,1H3/t5-,6-,7+/m0/s1. The molecule has 0 unspecified atom stereocenters. The lowest BCUT2D eigenvalue weighted by atomic mass is 9.87. The Kier molecular flexibility index (Phi) is 2.15. The zero-order valence-corrected chi connectivity index (χ0v) is 7.70. The maximum atomic E-state index is 9.27. The first-order chi connectivity index (χ1) is 6.16. The monoisotopic (exact) mass is 184 g/mol. The zero-order valence-electron chi connectivity index (χ0n) is 7.70. The lowest BCUT2D eigenvalue weighted by Crippen LogP contribution is -2.53. The molecule has 1 heterocycles. The number of aliphatic hydroxyl groups excluding tert-OH is 1. The Balaban J connectivity index is 1.90. The van der Waals surface area contributed by atoms with E-state index in [4.69, 9.17) is 5.73 Å². The number of nitrogens with two attached hydrogens (primary N) is 1. The van der Waals surface area contributed by atoms with Crippen LogP contribution in [0.3, 0.4) is 0 Å². The van der Waals surface area contributed by atoms with Crippen molar-refractivity contribution in [3.63, 3.8) is 0 Å². The van der Waals surface area contributed by atoms with Gasteiger partial charge in [0.1, 0.15) is 0 Å².